The Morgan fingerprint density at radius 3 is 2.76 bits per heavy atom. The van der Waals surface area contributed by atoms with Crippen molar-refractivity contribution in [3.05, 3.63) is 47.9 Å². The Kier molecular flexibility index (Phi) is 3.17. The highest BCUT2D eigenvalue weighted by Gasteiger charge is 2.04. The van der Waals surface area contributed by atoms with Gasteiger partial charge in [0.2, 0.25) is 0 Å². The van der Waals surface area contributed by atoms with Crippen LogP contribution in [-0.2, 0) is 6.54 Å². The van der Waals surface area contributed by atoms with E-state index in [1.54, 1.807) is 0 Å². The summed E-state index contributed by atoms with van der Waals surface area (Å²) < 4.78 is 0. The molecule has 0 aliphatic carbocycles. The lowest BCUT2D eigenvalue weighted by Crippen LogP contribution is -2.06. The number of rotatable bonds is 3. The summed E-state index contributed by atoms with van der Waals surface area (Å²) >= 11 is 0. The maximum atomic E-state index is 8.85. The number of hydrogen-bond donors (Lipinski definition) is 2. The van der Waals surface area contributed by atoms with E-state index in [2.05, 4.69) is 15.3 Å². The lowest BCUT2D eigenvalue weighted by Gasteiger charge is -2.08. The van der Waals surface area contributed by atoms with Crippen molar-refractivity contribution in [1.29, 1.82) is 5.26 Å². The van der Waals surface area contributed by atoms with E-state index in [1.807, 2.05) is 30.3 Å². The quantitative estimate of drug-likeness (QED) is 0.773. The van der Waals surface area contributed by atoms with Gasteiger partial charge in [-0.3, -0.25) is 0 Å². The van der Waals surface area contributed by atoms with Crippen LogP contribution in [0.2, 0.25) is 0 Å². The zero-order chi connectivity index (χ0) is 12.1. The number of hydrogen-bond acceptors (Lipinski definition) is 5. The van der Waals surface area contributed by atoms with Gasteiger partial charge in [0.25, 0.3) is 0 Å². The van der Waals surface area contributed by atoms with Crippen LogP contribution >= 0.6 is 0 Å². The molecule has 0 atom stereocenters. The fourth-order valence-electron chi connectivity index (χ4n) is 1.42. The topological polar surface area (TPSA) is 87.6 Å². The summed E-state index contributed by atoms with van der Waals surface area (Å²) in [5.74, 6) is 0.471. The van der Waals surface area contributed by atoms with E-state index in [0.29, 0.717) is 18.1 Å². The molecule has 0 saturated heterocycles. The number of nitriles is 1. The summed E-state index contributed by atoms with van der Waals surface area (Å²) in [6.45, 7) is 0.514. The number of benzene rings is 1. The molecule has 1 heterocycles. The van der Waals surface area contributed by atoms with Crippen LogP contribution in [0.3, 0.4) is 0 Å². The second-order valence-corrected chi connectivity index (χ2v) is 3.42. The average molecular weight is 225 g/mol. The largest absolute Gasteiger partial charge is 0.398 e. The van der Waals surface area contributed by atoms with Gasteiger partial charge in [0.15, 0.2) is 11.5 Å². The average Bonchev–Trinajstić information content (AvgIpc) is 2.38. The zero-order valence-corrected chi connectivity index (χ0v) is 9.09. The van der Waals surface area contributed by atoms with E-state index in [0.717, 1.165) is 5.56 Å². The molecule has 0 aliphatic rings. The maximum Gasteiger partial charge on any atom is 0.182 e. The Bertz CT molecular complexity index is 559. The zero-order valence-electron chi connectivity index (χ0n) is 9.09. The molecule has 17 heavy (non-hydrogen) atoms. The van der Waals surface area contributed by atoms with Gasteiger partial charge >= 0.3 is 0 Å². The molecule has 3 N–H and O–H groups in total. The third kappa shape index (κ3) is 2.49. The van der Waals surface area contributed by atoms with Gasteiger partial charge in [-0.15, -0.1) is 0 Å². The minimum Gasteiger partial charge on any atom is -0.398 e. The molecule has 0 amide bonds. The molecule has 0 spiro atoms. The van der Waals surface area contributed by atoms with E-state index in [9.17, 15) is 0 Å². The second-order valence-electron chi connectivity index (χ2n) is 3.42. The first-order valence-electron chi connectivity index (χ1n) is 5.09. The highest BCUT2D eigenvalue weighted by Crippen LogP contribution is 2.13. The third-order valence-corrected chi connectivity index (χ3v) is 2.31. The van der Waals surface area contributed by atoms with Gasteiger partial charge in [0.1, 0.15) is 6.07 Å². The molecule has 2 aromatic rings. The number of nitrogens with one attached hydrogen (secondary N) is 1. The van der Waals surface area contributed by atoms with Crippen molar-refractivity contribution in [3.8, 4) is 6.07 Å². The summed E-state index contributed by atoms with van der Waals surface area (Å²) in [6.07, 6.45) is 3.03. The van der Waals surface area contributed by atoms with Crippen LogP contribution < -0.4 is 11.1 Å². The standard InChI is InChI=1S/C12H11N5/c13-7-11-12(16-6-5-15-11)17-8-9-3-1-2-4-10(9)14/h1-6H,8,14H2,(H,16,17). The molecular weight excluding hydrogens is 214 g/mol. The van der Waals surface area contributed by atoms with Crippen LogP contribution in [0.25, 0.3) is 0 Å². The Balaban J connectivity index is 2.13. The van der Waals surface area contributed by atoms with Crippen molar-refractivity contribution >= 4 is 11.5 Å². The molecule has 84 valence electrons. The number of anilines is 2. The monoisotopic (exact) mass is 225 g/mol. The molecular formula is C12H11N5. The van der Waals surface area contributed by atoms with Gasteiger partial charge in [-0.25, -0.2) is 9.97 Å². The lowest BCUT2D eigenvalue weighted by atomic mass is 10.2. The Labute approximate surface area is 98.9 Å². The van der Waals surface area contributed by atoms with Crippen LogP contribution in [0.15, 0.2) is 36.7 Å². The minimum atomic E-state index is 0.280. The van der Waals surface area contributed by atoms with Crippen molar-refractivity contribution in [2.45, 2.75) is 6.54 Å². The summed E-state index contributed by atoms with van der Waals surface area (Å²) in [4.78, 5) is 7.97. The Morgan fingerprint density at radius 2 is 2.00 bits per heavy atom. The normalized spacial score (nSPS) is 9.59. The minimum absolute atomic E-state index is 0.280. The molecule has 1 aromatic heterocycles. The molecule has 5 nitrogen and oxygen atoms in total. The molecule has 2 rings (SSSR count). The van der Waals surface area contributed by atoms with E-state index in [-0.39, 0.29) is 5.69 Å². The summed E-state index contributed by atoms with van der Waals surface area (Å²) in [5.41, 5.74) is 7.76. The highest BCUT2D eigenvalue weighted by atomic mass is 15.0. The Hall–Kier alpha value is -2.61. The summed E-state index contributed by atoms with van der Waals surface area (Å²) in [6, 6.07) is 9.52. The summed E-state index contributed by atoms with van der Waals surface area (Å²) in [5, 5.41) is 11.9. The van der Waals surface area contributed by atoms with Gasteiger partial charge in [-0.2, -0.15) is 5.26 Å². The van der Waals surface area contributed by atoms with E-state index < -0.39 is 0 Å². The van der Waals surface area contributed by atoms with Crippen molar-refractivity contribution < 1.29 is 0 Å². The van der Waals surface area contributed by atoms with Gasteiger partial charge in [0.05, 0.1) is 0 Å². The van der Waals surface area contributed by atoms with Crippen LogP contribution in [0, 0.1) is 11.3 Å². The van der Waals surface area contributed by atoms with Crippen molar-refractivity contribution in [3.63, 3.8) is 0 Å². The molecule has 0 fully saturated rings. The smallest absolute Gasteiger partial charge is 0.182 e. The lowest BCUT2D eigenvalue weighted by molar-refractivity contribution is 1.07. The first kappa shape index (κ1) is 10.9. The molecule has 0 unspecified atom stereocenters. The van der Waals surface area contributed by atoms with E-state index in [1.165, 1.54) is 12.4 Å². The van der Waals surface area contributed by atoms with Crippen molar-refractivity contribution in [2.75, 3.05) is 11.1 Å². The van der Waals surface area contributed by atoms with Gasteiger partial charge < -0.3 is 11.1 Å². The van der Waals surface area contributed by atoms with Gasteiger partial charge in [0, 0.05) is 24.6 Å². The van der Waals surface area contributed by atoms with E-state index in [4.69, 9.17) is 11.0 Å². The van der Waals surface area contributed by atoms with Crippen molar-refractivity contribution in [1.82, 2.24) is 9.97 Å². The predicted molar refractivity (Wildman–Crippen MR) is 64.9 cm³/mol. The maximum absolute atomic E-state index is 8.85. The van der Waals surface area contributed by atoms with Crippen LogP contribution in [0.5, 0.6) is 0 Å². The number of para-hydroxylation sites is 1. The number of nitrogens with two attached hydrogens (primary N) is 1. The van der Waals surface area contributed by atoms with Crippen LogP contribution in [0.1, 0.15) is 11.3 Å². The number of nitrogen functional groups attached to an aromatic ring is 1. The molecule has 1 aromatic carbocycles. The summed E-state index contributed by atoms with van der Waals surface area (Å²) in [7, 11) is 0. The van der Waals surface area contributed by atoms with Crippen LogP contribution in [0.4, 0.5) is 11.5 Å². The first-order chi connectivity index (χ1) is 8.31. The molecule has 0 aliphatic heterocycles. The number of aromatic nitrogens is 2. The van der Waals surface area contributed by atoms with Gasteiger partial charge in [-0.05, 0) is 11.6 Å². The molecule has 5 heteroatoms. The third-order valence-electron chi connectivity index (χ3n) is 2.31. The Morgan fingerprint density at radius 1 is 1.24 bits per heavy atom. The molecule has 0 bridgehead atoms. The van der Waals surface area contributed by atoms with E-state index >= 15 is 0 Å². The second kappa shape index (κ2) is 4.94. The fourth-order valence-corrected chi connectivity index (χ4v) is 1.42. The first-order valence-corrected chi connectivity index (χ1v) is 5.09. The fraction of sp³-hybridized carbons (Fsp3) is 0.0833. The highest BCUT2D eigenvalue weighted by molar-refractivity contribution is 5.51. The molecule has 0 radical (unpaired) electrons. The molecule has 0 saturated carbocycles. The van der Waals surface area contributed by atoms with Gasteiger partial charge in [-0.1, -0.05) is 18.2 Å². The van der Waals surface area contributed by atoms with Crippen LogP contribution in [-0.4, -0.2) is 9.97 Å². The predicted octanol–water partition coefficient (Wildman–Crippen LogP) is 1.54. The van der Waals surface area contributed by atoms with Crippen molar-refractivity contribution in [2.24, 2.45) is 0 Å². The number of nitrogens with zero attached hydrogens (tertiary/aromatic N) is 3. The SMILES string of the molecule is N#Cc1nccnc1NCc1ccccc1N.